The van der Waals surface area contributed by atoms with Crippen LogP contribution in [0.15, 0.2) is 42.6 Å². The Morgan fingerprint density at radius 1 is 1.27 bits per heavy atom. The Hall–Kier alpha value is -2.76. The molecule has 1 aliphatic rings. The van der Waals surface area contributed by atoms with E-state index in [0.717, 1.165) is 42.1 Å². The first-order chi connectivity index (χ1) is 12.7. The van der Waals surface area contributed by atoms with Crippen LogP contribution in [0, 0.1) is 5.82 Å². The molecule has 1 aromatic carbocycles. The van der Waals surface area contributed by atoms with Crippen LogP contribution in [0.1, 0.15) is 30.7 Å². The van der Waals surface area contributed by atoms with Crippen LogP contribution < -0.4 is 0 Å². The molecule has 5 nitrogen and oxygen atoms in total. The molecule has 134 valence electrons. The molecule has 1 aliphatic heterocycles. The third kappa shape index (κ3) is 3.07. The molecule has 4 rings (SSSR count). The summed E-state index contributed by atoms with van der Waals surface area (Å²) < 4.78 is 15.2. The van der Waals surface area contributed by atoms with E-state index >= 15 is 0 Å². The summed E-state index contributed by atoms with van der Waals surface area (Å²) in [5.41, 5.74) is 2.64. The maximum Gasteiger partial charge on any atom is 0.227 e. The topological polar surface area (TPSA) is 51.0 Å². The fourth-order valence-corrected chi connectivity index (χ4v) is 3.69. The van der Waals surface area contributed by atoms with Crippen molar-refractivity contribution in [1.82, 2.24) is 19.4 Å². The highest BCUT2D eigenvalue weighted by atomic mass is 19.1. The van der Waals surface area contributed by atoms with Crippen molar-refractivity contribution in [2.24, 2.45) is 0 Å². The molecule has 0 radical (unpaired) electrons. The Bertz CT molecular complexity index is 935. The van der Waals surface area contributed by atoms with Gasteiger partial charge in [-0.3, -0.25) is 4.79 Å². The van der Waals surface area contributed by atoms with Crippen LogP contribution in [-0.2, 0) is 17.8 Å². The van der Waals surface area contributed by atoms with Gasteiger partial charge < -0.3 is 9.47 Å². The van der Waals surface area contributed by atoms with E-state index in [2.05, 4.69) is 16.5 Å². The highest BCUT2D eigenvalue weighted by Gasteiger charge is 2.30. The number of aryl methyl sites for hydroxylation is 1. The zero-order valence-corrected chi connectivity index (χ0v) is 14.7. The van der Waals surface area contributed by atoms with E-state index in [4.69, 9.17) is 4.98 Å². The van der Waals surface area contributed by atoms with Crippen molar-refractivity contribution in [2.45, 2.75) is 32.2 Å². The van der Waals surface area contributed by atoms with Crippen molar-refractivity contribution in [3.63, 3.8) is 0 Å². The molecule has 26 heavy (non-hydrogen) atoms. The number of imidazole rings is 1. The van der Waals surface area contributed by atoms with Crippen LogP contribution in [0.25, 0.3) is 11.2 Å². The molecule has 2 aromatic heterocycles. The molecule has 3 heterocycles. The van der Waals surface area contributed by atoms with Crippen molar-refractivity contribution >= 4 is 17.1 Å². The number of nitrogens with zero attached hydrogens (tertiary/aromatic N) is 4. The smallest absolute Gasteiger partial charge is 0.227 e. The zero-order valence-electron chi connectivity index (χ0n) is 14.7. The number of benzene rings is 1. The summed E-state index contributed by atoms with van der Waals surface area (Å²) in [6.45, 7) is 4.29. The summed E-state index contributed by atoms with van der Waals surface area (Å²) in [7, 11) is 0. The number of amides is 1. The van der Waals surface area contributed by atoms with Crippen molar-refractivity contribution in [1.29, 1.82) is 0 Å². The number of carbonyl (C=O) groups is 1. The summed E-state index contributed by atoms with van der Waals surface area (Å²) in [6, 6.07) is 10.0. The highest BCUT2D eigenvalue weighted by Crippen LogP contribution is 2.29. The standard InChI is InChI=1S/C20H21FN4O/c1-2-25-19(23-17-4-3-10-22-20(17)25)15-9-11-24(13-15)18(26)12-14-5-7-16(21)8-6-14/h3-8,10,15H,2,9,11-13H2,1H3. The third-order valence-electron chi connectivity index (χ3n) is 5.02. The van der Waals surface area contributed by atoms with E-state index in [0.29, 0.717) is 13.0 Å². The molecule has 6 heteroatoms. The summed E-state index contributed by atoms with van der Waals surface area (Å²) in [5.74, 6) is 1.03. The molecule has 1 saturated heterocycles. The maximum atomic E-state index is 13.0. The second-order valence-electron chi connectivity index (χ2n) is 6.69. The van der Waals surface area contributed by atoms with Crippen LogP contribution in [0.4, 0.5) is 4.39 Å². The molecule has 0 N–H and O–H groups in total. The lowest BCUT2D eigenvalue weighted by molar-refractivity contribution is -0.129. The van der Waals surface area contributed by atoms with Gasteiger partial charge in [0.2, 0.25) is 5.91 Å². The Labute approximate surface area is 151 Å². The van der Waals surface area contributed by atoms with Crippen molar-refractivity contribution in [3.05, 3.63) is 59.8 Å². The van der Waals surface area contributed by atoms with Crippen LogP contribution in [0.2, 0.25) is 0 Å². The molecule has 1 unspecified atom stereocenters. The lowest BCUT2D eigenvalue weighted by atomic mass is 10.1. The number of fused-ring (bicyclic) bond motifs is 1. The molecule has 1 fully saturated rings. The Morgan fingerprint density at radius 3 is 2.85 bits per heavy atom. The number of hydrogen-bond donors (Lipinski definition) is 0. The van der Waals surface area contributed by atoms with Gasteiger partial charge in [0.1, 0.15) is 17.2 Å². The second-order valence-corrected chi connectivity index (χ2v) is 6.69. The zero-order chi connectivity index (χ0) is 18.1. The summed E-state index contributed by atoms with van der Waals surface area (Å²) in [5, 5.41) is 0. The Kier molecular flexibility index (Phi) is 4.41. The summed E-state index contributed by atoms with van der Waals surface area (Å²) in [6.07, 6.45) is 2.99. The first kappa shape index (κ1) is 16.7. The van der Waals surface area contributed by atoms with Gasteiger partial charge in [-0.05, 0) is 43.2 Å². The summed E-state index contributed by atoms with van der Waals surface area (Å²) >= 11 is 0. The maximum absolute atomic E-state index is 13.0. The molecule has 1 atom stereocenters. The number of hydrogen-bond acceptors (Lipinski definition) is 3. The molecular formula is C20H21FN4O. The van der Waals surface area contributed by atoms with Gasteiger partial charge in [0.25, 0.3) is 0 Å². The predicted molar refractivity (Wildman–Crippen MR) is 97.2 cm³/mol. The minimum atomic E-state index is -0.283. The fraction of sp³-hybridized carbons (Fsp3) is 0.350. The van der Waals surface area contributed by atoms with Gasteiger partial charge in [-0.2, -0.15) is 0 Å². The van der Waals surface area contributed by atoms with Gasteiger partial charge in [-0.25, -0.2) is 14.4 Å². The van der Waals surface area contributed by atoms with E-state index in [9.17, 15) is 9.18 Å². The van der Waals surface area contributed by atoms with Crippen molar-refractivity contribution in [2.75, 3.05) is 13.1 Å². The number of pyridine rings is 1. The molecule has 0 saturated carbocycles. The van der Waals surface area contributed by atoms with Gasteiger partial charge in [-0.1, -0.05) is 12.1 Å². The predicted octanol–water partition coefficient (Wildman–Crippen LogP) is 3.15. The number of likely N-dealkylation sites (tertiary alicyclic amines) is 1. The van der Waals surface area contributed by atoms with Gasteiger partial charge >= 0.3 is 0 Å². The fourth-order valence-electron chi connectivity index (χ4n) is 3.69. The lowest BCUT2D eigenvalue weighted by Gasteiger charge is -2.17. The van der Waals surface area contributed by atoms with E-state index < -0.39 is 0 Å². The quantitative estimate of drug-likeness (QED) is 0.725. The average molecular weight is 352 g/mol. The van der Waals surface area contributed by atoms with Crippen LogP contribution in [-0.4, -0.2) is 38.4 Å². The van der Waals surface area contributed by atoms with Gasteiger partial charge in [0, 0.05) is 31.7 Å². The molecule has 1 amide bonds. The number of carbonyl (C=O) groups excluding carboxylic acids is 1. The normalized spacial score (nSPS) is 17.2. The SMILES string of the molecule is CCn1c(C2CCN(C(=O)Cc3ccc(F)cc3)C2)nc2cccnc21. The summed E-state index contributed by atoms with van der Waals surface area (Å²) in [4.78, 5) is 23.7. The minimum absolute atomic E-state index is 0.0800. The molecule has 3 aromatic rings. The Balaban J connectivity index is 1.50. The largest absolute Gasteiger partial charge is 0.342 e. The van der Waals surface area contributed by atoms with Gasteiger partial charge in [0.05, 0.1) is 6.42 Å². The average Bonchev–Trinajstić information content (AvgIpc) is 3.27. The number of rotatable bonds is 4. The monoisotopic (exact) mass is 352 g/mol. The van der Waals surface area contributed by atoms with Crippen LogP contribution in [0.3, 0.4) is 0 Å². The second kappa shape index (κ2) is 6.86. The van der Waals surface area contributed by atoms with Crippen molar-refractivity contribution < 1.29 is 9.18 Å². The van der Waals surface area contributed by atoms with Crippen LogP contribution in [0.5, 0.6) is 0 Å². The number of halogens is 1. The van der Waals surface area contributed by atoms with Gasteiger partial charge in [-0.15, -0.1) is 0 Å². The molecular weight excluding hydrogens is 331 g/mol. The van der Waals surface area contributed by atoms with E-state index in [1.165, 1.54) is 12.1 Å². The number of aromatic nitrogens is 3. The van der Waals surface area contributed by atoms with Crippen molar-refractivity contribution in [3.8, 4) is 0 Å². The van der Waals surface area contributed by atoms with E-state index in [-0.39, 0.29) is 17.6 Å². The minimum Gasteiger partial charge on any atom is -0.342 e. The van der Waals surface area contributed by atoms with Crippen LogP contribution >= 0.6 is 0 Å². The molecule has 0 bridgehead atoms. The highest BCUT2D eigenvalue weighted by molar-refractivity contribution is 5.79. The van der Waals surface area contributed by atoms with E-state index in [1.54, 1.807) is 18.3 Å². The Morgan fingerprint density at radius 2 is 2.08 bits per heavy atom. The van der Waals surface area contributed by atoms with Gasteiger partial charge in [0.15, 0.2) is 5.65 Å². The lowest BCUT2D eigenvalue weighted by Crippen LogP contribution is -2.30. The first-order valence-corrected chi connectivity index (χ1v) is 8.99. The molecule has 0 aliphatic carbocycles. The first-order valence-electron chi connectivity index (χ1n) is 8.99. The van der Waals surface area contributed by atoms with E-state index in [1.807, 2.05) is 17.0 Å². The molecule has 0 spiro atoms. The third-order valence-corrected chi connectivity index (χ3v) is 5.02.